The highest BCUT2D eigenvalue weighted by atomic mass is 79.9. The van der Waals surface area contributed by atoms with Gasteiger partial charge in [0, 0.05) is 53.9 Å². The number of carbonyl (C=O) groups excluding carboxylic acids is 2. The number of fused-ring (bicyclic) bond motifs is 8. The predicted octanol–water partition coefficient (Wildman–Crippen LogP) is 19.2. The van der Waals surface area contributed by atoms with Crippen molar-refractivity contribution in [3.05, 3.63) is 24.7 Å². The molecule has 11 unspecified atom stereocenters. The van der Waals surface area contributed by atoms with E-state index >= 15 is 0 Å². The van der Waals surface area contributed by atoms with Crippen molar-refractivity contribution in [3.8, 4) is 0 Å². The average molecular weight is 1000 g/mol. The van der Waals surface area contributed by atoms with Crippen molar-refractivity contribution in [2.24, 2.45) is 35.5 Å². The molecule has 1 aromatic heterocycles. The fourth-order valence-corrected chi connectivity index (χ4v) is 21.4. The molecule has 0 amide bonds. The van der Waals surface area contributed by atoms with Crippen molar-refractivity contribution >= 4 is 74.1 Å². The Kier molecular flexibility index (Phi) is 23.0. The van der Waals surface area contributed by atoms with E-state index in [1.54, 1.807) is 11.1 Å². The standard InChI is InChI=1S/C56H91BrO2S4/c1-7-11-15-19-21-25-28-32-40(31-27-23-17-13-9-3)46-37-60-52-44-35-43-45(36-42(44)50(58)48(52)39(6)62-56(46)57)53-49(51(43)59)55-54(63-53)47(38(5)61-55)41(33-29-24-18-14-10-4)34-30-26-22-20-16-12-8-2/h39-45,48-49,52-53H,7-37H2,1-6H3. The normalized spacial score (nSPS) is 28.7. The van der Waals surface area contributed by atoms with Crippen molar-refractivity contribution in [2.45, 2.75) is 267 Å². The predicted molar refractivity (Wildman–Crippen MR) is 286 cm³/mol. The maximum atomic E-state index is 14.9. The Bertz CT molecular complexity index is 1580. The minimum absolute atomic E-state index is 0.0700. The number of hydrogen-bond donors (Lipinski definition) is 0. The maximum Gasteiger partial charge on any atom is 0.145 e. The SMILES string of the molecule is CCCCCCCCCC(CCCCCCC)C1=C(Br)SC(C)C2C(=O)C3CC4C(CC3C2SC1)C(=O)C1c2sc(C)c(C(CCCCCCC)CCCCCCCCC)c2SC14. The first kappa shape index (κ1) is 52.7. The first-order valence-corrected chi connectivity index (χ1v) is 31.7. The molecule has 0 bridgehead atoms. The molecular formula is C56H91BrO2S4. The molecule has 0 N–H and O–H groups in total. The first-order valence-electron chi connectivity index (χ1n) is 27.3. The molecule has 7 heteroatoms. The minimum Gasteiger partial charge on any atom is -0.299 e. The summed E-state index contributed by atoms with van der Waals surface area (Å²) in [5, 5.41) is 0.966. The fraction of sp³-hybridized carbons (Fsp3) is 0.857. The molecule has 5 aliphatic rings. The van der Waals surface area contributed by atoms with Crippen LogP contribution in [0.15, 0.2) is 14.3 Å². The fourth-order valence-electron chi connectivity index (χ4n) is 13.1. The van der Waals surface area contributed by atoms with E-state index in [2.05, 4.69) is 81.0 Å². The van der Waals surface area contributed by atoms with Crippen LogP contribution in [-0.4, -0.2) is 33.1 Å². The van der Waals surface area contributed by atoms with Gasteiger partial charge < -0.3 is 0 Å². The molecule has 3 fully saturated rings. The molecular weight excluding hydrogens is 913 g/mol. The summed E-state index contributed by atoms with van der Waals surface area (Å²) in [5.74, 6) is 4.60. The zero-order chi connectivity index (χ0) is 44.7. The molecule has 3 heterocycles. The third kappa shape index (κ3) is 13.6. The van der Waals surface area contributed by atoms with Gasteiger partial charge in [0.05, 0.1) is 9.73 Å². The number of Topliss-reactive ketones (excluding diaryl/α,β-unsaturated/α-hetero) is 2. The van der Waals surface area contributed by atoms with E-state index in [0.717, 1.165) is 18.6 Å². The average Bonchev–Trinajstić information content (AvgIpc) is 3.95. The Morgan fingerprint density at radius 2 is 1.02 bits per heavy atom. The number of thiophene rings is 1. The summed E-state index contributed by atoms with van der Waals surface area (Å²) >= 11 is 12.4. The van der Waals surface area contributed by atoms with Gasteiger partial charge in [-0.2, -0.15) is 11.8 Å². The summed E-state index contributed by atoms with van der Waals surface area (Å²) in [4.78, 5) is 34.2. The van der Waals surface area contributed by atoms with Gasteiger partial charge in [0.15, 0.2) is 0 Å². The number of halogens is 1. The quantitative estimate of drug-likeness (QED) is 0.0718. The molecule has 0 spiro atoms. The highest BCUT2D eigenvalue weighted by Crippen LogP contribution is 2.66. The Morgan fingerprint density at radius 1 is 0.571 bits per heavy atom. The molecule has 0 radical (unpaired) electrons. The van der Waals surface area contributed by atoms with Gasteiger partial charge in [-0.05, 0) is 96.2 Å². The summed E-state index contributed by atoms with van der Waals surface area (Å²) in [5.41, 5.74) is 3.29. The van der Waals surface area contributed by atoms with E-state index < -0.39 is 0 Å². The Labute approximate surface area is 413 Å². The molecule has 0 aromatic carbocycles. The molecule has 2 nitrogen and oxygen atoms in total. The lowest BCUT2D eigenvalue weighted by molar-refractivity contribution is -0.128. The van der Waals surface area contributed by atoms with E-state index in [1.807, 2.05) is 23.1 Å². The zero-order valence-corrected chi connectivity index (χ0v) is 46.0. The van der Waals surface area contributed by atoms with Gasteiger partial charge in [-0.25, -0.2) is 0 Å². The Morgan fingerprint density at radius 3 is 1.52 bits per heavy atom. The second kappa shape index (κ2) is 27.5. The van der Waals surface area contributed by atoms with Gasteiger partial charge >= 0.3 is 0 Å². The number of rotatable bonds is 30. The van der Waals surface area contributed by atoms with Crippen molar-refractivity contribution in [2.75, 3.05) is 5.75 Å². The number of carbonyl (C=O) groups is 2. The van der Waals surface area contributed by atoms with E-state index in [1.165, 1.54) is 198 Å². The Hall–Kier alpha value is 0.310. The molecule has 3 aliphatic carbocycles. The molecule has 63 heavy (non-hydrogen) atoms. The summed E-state index contributed by atoms with van der Waals surface area (Å²) in [6, 6.07) is 0. The number of unbranched alkanes of at least 4 members (excludes halogenated alkanes) is 20. The van der Waals surface area contributed by atoms with Gasteiger partial charge in [-0.15, -0.1) is 34.9 Å². The molecule has 3 saturated carbocycles. The number of thioether (sulfide) groups is 3. The number of ketones is 2. The van der Waals surface area contributed by atoms with Gasteiger partial charge in [-0.1, -0.05) is 189 Å². The second-order valence-corrected chi connectivity index (χ2v) is 27.5. The largest absolute Gasteiger partial charge is 0.299 e. The minimum atomic E-state index is 0.0700. The molecule has 0 saturated heterocycles. The van der Waals surface area contributed by atoms with Gasteiger partial charge in [-0.3, -0.25) is 9.59 Å². The lowest BCUT2D eigenvalue weighted by Crippen LogP contribution is -2.36. The van der Waals surface area contributed by atoms with Crippen LogP contribution in [0.5, 0.6) is 0 Å². The van der Waals surface area contributed by atoms with Crippen molar-refractivity contribution < 1.29 is 9.59 Å². The maximum absolute atomic E-state index is 14.9. The van der Waals surface area contributed by atoms with Crippen molar-refractivity contribution in [1.82, 2.24) is 0 Å². The van der Waals surface area contributed by atoms with Crippen LogP contribution in [0, 0.1) is 42.4 Å². The summed E-state index contributed by atoms with van der Waals surface area (Å²) in [7, 11) is 0. The van der Waals surface area contributed by atoms with Crippen molar-refractivity contribution in [1.29, 1.82) is 0 Å². The van der Waals surface area contributed by atoms with E-state index in [-0.39, 0.29) is 28.9 Å². The van der Waals surface area contributed by atoms with Crippen LogP contribution in [0.2, 0.25) is 0 Å². The van der Waals surface area contributed by atoms with Gasteiger partial charge in [0.25, 0.3) is 0 Å². The molecule has 358 valence electrons. The summed E-state index contributed by atoms with van der Waals surface area (Å²) in [6.07, 6.45) is 39.7. The first-order chi connectivity index (χ1) is 30.7. The highest BCUT2D eigenvalue weighted by molar-refractivity contribution is 9.14. The smallest absolute Gasteiger partial charge is 0.145 e. The van der Waals surface area contributed by atoms with Gasteiger partial charge in [0.1, 0.15) is 11.6 Å². The van der Waals surface area contributed by atoms with E-state index in [4.69, 9.17) is 0 Å². The van der Waals surface area contributed by atoms with Crippen LogP contribution in [0.1, 0.15) is 254 Å². The van der Waals surface area contributed by atoms with Gasteiger partial charge in [0.2, 0.25) is 0 Å². The van der Waals surface area contributed by atoms with E-state index in [9.17, 15) is 9.59 Å². The third-order valence-corrected chi connectivity index (χ3v) is 23.2. The second-order valence-electron chi connectivity index (χ2n) is 21.2. The van der Waals surface area contributed by atoms with Crippen LogP contribution in [-0.2, 0) is 9.59 Å². The highest BCUT2D eigenvalue weighted by Gasteiger charge is 2.63. The van der Waals surface area contributed by atoms with Crippen LogP contribution in [0.4, 0.5) is 0 Å². The monoisotopic (exact) mass is 1000 g/mol. The van der Waals surface area contributed by atoms with E-state index in [0.29, 0.717) is 45.7 Å². The zero-order valence-electron chi connectivity index (χ0n) is 41.1. The Balaban J connectivity index is 1.14. The lowest BCUT2D eigenvalue weighted by atomic mass is 9.70. The van der Waals surface area contributed by atoms with Crippen molar-refractivity contribution in [3.63, 3.8) is 0 Å². The van der Waals surface area contributed by atoms with Crippen LogP contribution in [0.3, 0.4) is 0 Å². The number of hydrogen-bond acceptors (Lipinski definition) is 6. The van der Waals surface area contributed by atoms with Crippen LogP contribution in [0.25, 0.3) is 0 Å². The molecule has 11 atom stereocenters. The molecule has 1 aromatic rings. The molecule has 2 aliphatic heterocycles. The third-order valence-electron chi connectivity index (χ3n) is 16.6. The lowest BCUT2D eigenvalue weighted by Gasteiger charge is -2.38. The topological polar surface area (TPSA) is 34.1 Å². The summed E-state index contributed by atoms with van der Waals surface area (Å²) < 4.78 is 1.35. The molecule has 6 rings (SSSR count). The summed E-state index contributed by atoms with van der Waals surface area (Å²) in [6.45, 7) is 14.0. The van der Waals surface area contributed by atoms with Crippen LogP contribution >= 0.6 is 62.6 Å². The van der Waals surface area contributed by atoms with Crippen LogP contribution < -0.4 is 0 Å². The number of aryl methyl sites for hydroxylation is 1.